The monoisotopic (exact) mass is 265 g/mol. The van der Waals surface area contributed by atoms with Gasteiger partial charge >= 0.3 is 0 Å². The first kappa shape index (κ1) is 14.1. The fourth-order valence-corrected chi connectivity index (χ4v) is 4.09. The Hall–Kier alpha value is -0.340. The van der Waals surface area contributed by atoms with Gasteiger partial charge in [-0.25, -0.2) is 0 Å². The number of rotatable bonds is 4. The van der Waals surface area contributed by atoms with Gasteiger partial charge in [0.05, 0.1) is 0 Å². The van der Waals surface area contributed by atoms with Gasteiger partial charge in [0.2, 0.25) is 0 Å². The van der Waals surface area contributed by atoms with Gasteiger partial charge in [-0.15, -0.1) is 0 Å². The quantitative estimate of drug-likeness (QED) is 0.820. The van der Waals surface area contributed by atoms with Gasteiger partial charge in [-0.2, -0.15) is 11.3 Å². The zero-order chi connectivity index (χ0) is 13.1. The van der Waals surface area contributed by atoms with Crippen molar-refractivity contribution in [1.29, 1.82) is 0 Å². The van der Waals surface area contributed by atoms with Crippen LogP contribution in [0.1, 0.15) is 58.6 Å². The summed E-state index contributed by atoms with van der Waals surface area (Å²) < 4.78 is 0. The Morgan fingerprint density at radius 2 is 2.06 bits per heavy atom. The van der Waals surface area contributed by atoms with E-state index in [1.807, 2.05) is 0 Å². The van der Waals surface area contributed by atoms with Crippen LogP contribution in [0.15, 0.2) is 16.8 Å². The summed E-state index contributed by atoms with van der Waals surface area (Å²) in [4.78, 5) is 0. The molecule has 4 unspecified atom stereocenters. The minimum absolute atomic E-state index is 0.493. The van der Waals surface area contributed by atoms with Crippen LogP contribution in [0.5, 0.6) is 0 Å². The van der Waals surface area contributed by atoms with E-state index in [1.165, 1.54) is 24.8 Å². The lowest BCUT2D eigenvalue weighted by molar-refractivity contribution is 0.161. The maximum atomic E-state index is 3.89. The van der Waals surface area contributed by atoms with Gasteiger partial charge in [0.1, 0.15) is 0 Å². The average molecular weight is 265 g/mol. The highest BCUT2D eigenvalue weighted by atomic mass is 32.1. The lowest BCUT2D eigenvalue weighted by Crippen LogP contribution is -2.43. The smallest absolute Gasteiger partial charge is 0.0302 e. The van der Waals surface area contributed by atoms with E-state index in [9.17, 15) is 0 Å². The molecule has 102 valence electrons. The Bertz CT molecular complexity index is 344. The molecule has 1 nitrogen and oxygen atoms in total. The van der Waals surface area contributed by atoms with E-state index in [-0.39, 0.29) is 0 Å². The second-order valence-electron chi connectivity index (χ2n) is 6.38. The molecule has 0 aliphatic heterocycles. The Kier molecular flexibility index (Phi) is 4.85. The fraction of sp³-hybridized carbons (Fsp3) is 0.750. The number of hydrogen-bond donors (Lipinski definition) is 1. The van der Waals surface area contributed by atoms with Gasteiger partial charge in [0, 0.05) is 12.1 Å². The van der Waals surface area contributed by atoms with E-state index in [4.69, 9.17) is 0 Å². The van der Waals surface area contributed by atoms with Crippen LogP contribution in [0, 0.1) is 17.8 Å². The molecule has 1 aromatic heterocycles. The summed E-state index contributed by atoms with van der Waals surface area (Å²) in [6, 6.07) is 3.44. The normalized spacial score (nSPS) is 30.6. The van der Waals surface area contributed by atoms with Crippen LogP contribution in [0.3, 0.4) is 0 Å². The third kappa shape index (κ3) is 3.36. The van der Waals surface area contributed by atoms with E-state index < -0.39 is 0 Å². The highest BCUT2D eigenvalue weighted by Gasteiger charge is 2.31. The van der Waals surface area contributed by atoms with Crippen molar-refractivity contribution >= 4 is 11.3 Å². The molecule has 1 saturated carbocycles. The van der Waals surface area contributed by atoms with E-state index >= 15 is 0 Å². The first-order chi connectivity index (χ1) is 8.58. The van der Waals surface area contributed by atoms with Crippen LogP contribution < -0.4 is 5.32 Å². The van der Waals surface area contributed by atoms with Crippen molar-refractivity contribution in [2.45, 2.75) is 59.0 Å². The predicted octanol–water partition coefficient (Wildman–Crippen LogP) is 4.86. The van der Waals surface area contributed by atoms with Gasteiger partial charge in [0.15, 0.2) is 0 Å². The van der Waals surface area contributed by atoms with Gasteiger partial charge in [0.25, 0.3) is 0 Å². The maximum Gasteiger partial charge on any atom is 0.0302 e. The summed E-state index contributed by atoms with van der Waals surface area (Å²) in [5.41, 5.74) is 1.45. The van der Waals surface area contributed by atoms with Gasteiger partial charge < -0.3 is 5.32 Å². The van der Waals surface area contributed by atoms with Crippen molar-refractivity contribution in [3.05, 3.63) is 22.4 Å². The molecular formula is C16H27NS. The van der Waals surface area contributed by atoms with Crippen molar-refractivity contribution < 1.29 is 0 Å². The Morgan fingerprint density at radius 3 is 2.67 bits per heavy atom. The largest absolute Gasteiger partial charge is 0.307 e. The second kappa shape index (κ2) is 6.21. The number of thiophene rings is 1. The van der Waals surface area contributed by atoms with Crippen molar-refractivity contribution in [3.63, 3.8) is 0 Å². The SMILES string of the molecule is CC1CCC(C(C)C)C(NC(C)c2ccsc2)C1. The zero-order valence-corrected chi connectivity index (χ0v) is 13.0. The summed E-state index contributed by atoms with van der Waals surface area (Å²) in [6.07, 6.45) is 4.15. The van der Waals surface area contributed by atoms with Crippen LogP contribution in [0.2, 0.25) is 0 Å². The molecule has 0 saturated heterocycles. The molecule has 0 aromatic carbocycles. The van der Waals surface area contributed by atoms with Crippen molar-refractivity contribution in [3.8, 4) is 0 Å². The van der Waals surface area contributed by atoms with E-state index in [0.717, 1.165) is 17.8 Å². The molecule has 1 fully saturated rings. The summed E-state index contributed by atoms with van der Waals surface area (Å²) in [5, 5.41) is 8.34. The second-order valence-corrected chi connectivity index (χ2v) is 7.16. The highest BCUT2D eigenvalue weighted by molar-refractivity contribution is 7.07. The van der Waals surface area contributed by atoms with Crippen molar-refractivity contribution in [1.82, 2.24) is 5.32 Å². The van der Waals surface area contributed by atoms with Crippen LogP contribution >= 0.6 is 11.3 Å². The minimum Gasteiger partial charge on any atom is -0.307 e. The van der Waals surface area contributed by atoms with Crippen molar-refractivity contribution in [2.75, 3.05) is 0 Å². The van der Waals surface area contributed by atoms with Gasteiger partial charge in [-0.3, -0.25) is 0 Å². The van der Waals surface area contributed by atoms with Crippen LogP contribution in [-0.2, 0) is 0 Å². The molecule has 2 heteroatoms. The summed E-state index contributed by atoms with van der Waals surface area (Å²) in [5.74, 6) is 2.53. The average Bonchev–Trinajstić information content (AvgIpc) is 2.81. The lowest BCUT2D eigenvalue weighted by atomic mass is 9.73. The molecule has 1 aliphatic rings. The molecular weight excluding hydrogens is 238 g/mol. The standard InChI is InChI=1S/C16H27NS/c1-11(2)15-6-5-12(3)9-16(15)17-13(4)14-7-8-18-10-14/h7-8,10-13,15-17H,5-6,9H2,1-4H3. The van der Waals surface area contributed by atoms with Gasteiger partial charge in [-0.1, -0.05) is 27.2 Å². The molecule has 0 spiro atoms. The molecule has 1 N–H and O–H groups in total. The molecule has 1 aromatic rings. The predicted molar refractivity (Wildman–Crippen MR) is 81.0 cm³/mol. The molecule has 4 atom stereocenters. The Morgan fingerprint density at radius 1 is 1.28 bits per heavy atom. The minimum atomic E-state index is 0.493. The zero-order valence-electron chi connectivity index (χ0n) is 12.1. The van der Waals surface area contributed by atoms with E-state index in [1.54, 1.807) is 11.3 Å². The Balaban J connectivity index is 2.00. The number of hydrogen-bond acceptors (Lipinski definition) is 2. The third-order valence-electron chi connectivity index (χ3n) is 4.53. The topological polar surface area (TPSA) is 12.0 Å². The number of nitrogens with one attached hydrogen (secondary N) is 1. The van der Waals surface area contributed by atoms with Crippen LogP contribution in [0.25, 0.3) is 0 Å². The third-order valence-corrected chi connectivity index (χ3v) is 5.23. The maximum absolute atomic E-state index is 3.89. The van der Waals surface area contributed by atoms with Crippen LogP contribution in [0.4, 0.5) is 0 Å². The highest BCUT2D eigenvalue weighted by Crippen LogP contribution is 2.34. The molecule has 0 bridgehead atoms. The first-order valence-corrected chi connectivity index (χ1v) is 8.30. The summed E-state index contributed by atoms with van der Waals surface area (Å²) in [7, 11) is 0. The first-order valence-electron chi connectivity index (χ1n) is 7.36. The molecule has 2 rings (SSSR count). The molecule has 0 radical (unpaired) electrons. The lowest BCUT2D eigenvalue weighted by Gasteiger charge is -2.39. The van der Waals surface area contributed by atoms with E-state index in [0.29, 0.717) is 12.1 Å². The van der Waals surface area contributed by atoms with E-state index in [2.05, 4.69) is 49.8 Å². The van der Waals surface area contributed by atoms with Crippen LogP contribution in [-0.4, -0.2) is 6.04 Å². The van der Waals surface area contributed by atoms with Crippen molar-refractivity contribution in [2.24, 2.45) is 17.8 Å². The fourth-order valence-electron chi connectivity index (χ4n) is 3.33. The Labute approximate surface area is 116 Å². The summed E-state index contributed by atoms with van der Waals surface area (Å²) >= 11 is 1.80. The molecule has 1 heterocycles. The van der Waals surface area contributed by atoms with Gasteiger partial charge in [-0.05, 0) is 59.9 Å². The summed E-state index contributed by atoms with van der Waals surface area (Å²) in [6.45, 7) is 9.47. The molecule has 18 heavy (non-hydrogen) atoms. The molecule has 0 amide bonds. The molecule has 1 aliphatic carbocycles.